The van der Waals surface area contributed by atoms with Gasteiger partial charge in [0.05, 0.1) is 17.3 Å². The van der Waals surface area contributed by atoms with Crippen LogP contribution < -0.4 is 16.0 Å². The lowest BCUT2D eigenvalue weighted by atomic mass is 9.82. The number of rotatable bonds is 1. The lowest BCUT2D eigenvalue weighted by Crippen LogP contribution is -2.51. The zero-order valence-electron chi connectivity index (χ0n) is 12.5. The molecule has 0 saturated heterocycles. The van der Waals surface area contributed by atoms with E-state index in [0.717, 1.165) is 24.6 Å². The van der Waals surface area contributed by atoms with Crippen molar-refractivity contribution in [2.45, 2.75) is 44.2 Å². The van der Waals surface area contributed by atoms with Crippen LogP contribution in [0.2, 0.25) is 0 Å². The van der Waals surface area contributed by atoms with Crippen molar-refractivity contribution in [3.63, 3.8) is 0 Å². The Morgan fingerprint density at radius 1 is 1.33 bits per heavy atom. The van der Waals surface area contributed by atoms with Crippen LogP contribution in [0.1, 0.15) is 48.0 Å². The number of anilines is 1. The molecule has 4 atom stereocenters. The van der Waals surface area contributed by atoms with Gasteiger partial charge in [-0.25, -0.2) is 0 Å². The van der Waals surface area contributed by atoms with Gasteiger partial charge in [-0.15, -0.1) is 0 Å². The van der Waals surface area contributed by atoms with Gasteiger partial charge in [-0.2, -0.15) is 0 Å². The number of para-hydroxylation sites is 1. The molecule has 0 bridgehead atoms. The van der Waals surface area contributed by atoms with Crippen LogP contribution in [0.3, 0.4) is 0 Å². The number of hydrogen-bond acceptors (Lipinski definition) is 3. The SMILES string of the molecule is CC(N)C1CN2C[C@@H]3CCC[C@@H]3c3cccc(c32)C(=O)N1. The van der Waals surface area contributed by atoms with E-state index in [1.165, 1.54) is 30.5 Å². The van der Waals surface area contributed by atoms with E-state index < -0.39 is 0 Å². The molecule has 1 aromatic rings. The van der Waals surface area contributed by atoms with Crippen molar-refractivity contribution >= 4 is 11.6 Å². The van der Waals surface area contributed by atoms with Gasteiger partial charge >= 0.3 is 0 Å². The summed E-state index contributed by atoms with van der Waals surface area (Å²) in [6.45, 7) is 3.88. The third-order valence-electron chi connectivity index (χ3n) is 5.51. The summed E-state index contributed by atoms with van der Waals surface area (Å²) in [4.78, 5) is 15.0. The molecule has 1 saturated carbocycles. The lowest BCUT2D eigenvalue weighted by Gasteiger charge is -2.39. The van der Waals surface area contributed by atoms with E-state index in [1.54, 1.807) is 0 Å². The van der Waals surface area contributed by atoms with E-state index in [9.17, 15) is 4.79 Å². The fraction of sp³-hybridized carbons (Fsp3) is 0.588. The third-order valence-corrected chi connectivity index (χ3v) is 5.51. The maximum atomic E-state index is 12.6. The Balaban J connectivity index is 1.84. The molecule has 4 nitrogen and oxygen atoms in total. The Kier molecular flexibility index (Phi) is 2.96. The van der Waals surface area contributed by atoms with Crippen LogP contribution >= 0.6 is 0 Å². The standard InChI is InChI=1S/C17H23N3O/c1-10(18)15-9-20-8-11-4-2-5-12(11)13-6-3-7-14(16(13)20)17(21)19-15/h3,6-7,10-12,15H,2,4-5,8-9,18H2,1H3,(H,19,21)/t10?,11-,12-,15?/m0/s1. The van der Waals surface area contributed by atoms with Gasteiger partial charge in [0.1, 0.15) is 0 Å². The molecular formula is C17H23N3O. The molecule has 1 fully saturated rings. The minimum Gasteiger partial charge on any atom is -0.368 e. The van der Waals surface area contributed by atoms with E-state index >= 15 is 0 Å². The number of fused-ring (bicyclic) bond motifs is 2. The monoisotopic (exact) mass is 285 g/mol. The van der Waals surface area contributed by atoms with E-state index in [0.29, 0.717) is 5.92 Å². The topological polar surface area (TPSA) is 58.4 Å². The number of nitrogens with two attached hydrogens (primary N) is 1. The molecule has 2 unspecified atom stereocenters. The molecule has 4 rings (SSSR count). The highest BCUT2D eigenvalue weighted by Crippen LogP contribution is 2.49. The summed E-state index contributed by atoms with van der Waals surface area (Å²) in [6, 6.07) is 6.22. The molecule has 4 heteroatoms. The summed E-state index contributed by atoms with van der Waals surface area (Å²) >= 11 is 0. The predicted octanol–water partition coefficient (Wildman–Crippen LogP) is 1.85. The maximum Gasteiger partial charge on any atom is 0.253 e. The Labute approximate surface area is 125 Å². The summed E-state index contributed by atoms with van der Waals surface area (Å²) < 4.78 is 0. The smallest absolute Gasteiger partial charge is 0.253 e. The molecular weight excluding hydrogens is 262 g/mol. The maximum absolute atomic E-state index is 12.6. The van der Waals surface area contributed by atoms with Crippen LogP contribution in [0.5, 0.6) is 0 Å². The highest BCUT2D eigenvalue weighted by Gasteiger charge is 2.40. The summed E-state index contributed by atoms with van der Waals surface area (Å²) in [7, 11) is 0. The molecule has 1 amide bonds. The van der Waals surface area contributed by atoms with Crippen LogP contribution in [0.25, 0.3) is 0 Å². The van der Waals surface area contributed by atoms with Gasteiger partial charge in [-0.1, -0.05) is 18.6 Å². The summed E-state index contributed by atoms with van der Waals surface area (Å²) in [5.41, 5.74) is 9.48. The molecule has 2 heterocycles. The quantitative estimate of drug-likeness (QED) is 0.828. The average Bonchev–Trinajstić information content (AvgIpc) is 2.88. The molecule has 3 aliphatic rings. The Morgan fingerprint density at radius 2 is 2.19 bits per heavy atom. The first kappa shape index (κ1) is 13.1. The fourth-order valence-electron chi connectivity index (χ4n) is 4.43. The van der Waals surface area contributed by atoms with E-state index in [1.807, 2.05) is 19.1 Å². The molecule has 0 radical (unpaired) electrons. The normalized spacial score (nSPS) is 32.0. The number of carbonyl (C=O) groups excluding carboxylic acids is 1. The van der Waals surface area contributed by atoms with Gasteiger partial charge in [-0.3, -0.25) is 4.79 Å². The Bertz CT molecular complexity index is 583. The molecule has 112 valence electrons. The first-order valence-electron chi connectivity index (χ1n) is 8.09. The number of benzene rings is 1. The van der Waals surface area contributed by atoms with Crippen molar-refractivity contribution in [2.75, 3.05) is 18.0 Å². The number of nitrogens with one attached hydrogen (secondary N) is 1. The first-order chi connectivity index (χ1) is 10.1. The molecule has 0 aromatic heterocycles. The highest BCUT2D eigenvalue weighted by molar-refractivity contribution is 6.01. The predicted molar refractivity (Wildman–Crippen MR) is 83.6 cm³/mol. The van der Waals surface area contributed by atoms with Crippen LogP contribution in [-0.2, 0) is 0 Å². The van der Waals surface area contributed by atoms with Crippen molar-refractivity contribution in [3.8, 4) is 0 Å². The van der Waals surface area contributed by atoms with Gasteiger partial charge in [-0.05, 0) is 43.2 Å². The fourth-order valence-corrected chi connectivity index (χ4v) is 4.43. The number of hydrogen-bond donors (Lipinski definition) is 2. The van der Waals surface area contributed by atoms with Crippen LogP contribution in [0.15, 0.2) is 18.2 Å². The number of nitrogens with zero attached hydrogens (tertiary/aromatic N) is 1. The molecule has 1 aromatic carbocycles. The zero-order chi connectivity index (χ0) is 14.6. The van der Waals surface area contributed by atoms with Crippen molar-refractivity contribution in [3.05, 3.63) is 29.3 Å². The van der Waals surface area contributed by atoms with Crippen molar-refractivity contribution in [1.82, 2.24) is 5.32 Å². The molecule has 0 spiro atoms. The van der Waals surface area contributed by atoms with Gasteiger partial charge in [0.15, 0.2) is 0 Å². The minimum atomic E-state index is -0.0342. The van der Waals surface area contributed by atoms with Crippen LogP contribution in [0.4, 0.5) is 5.69 Å². The van der Waals surface area contributed by atoms with Crippen LogP contribution in [0, 0.1) is 5.92 Å². The molecule has 3 N–H and O–H groups in total. The highest BCUT2D eigenvalue weighted by atomic mass is 16.1. The first-order valence-corrected chi connectivity index (χ1v) is 8.09. The van der Waals surface area contributed by atoms with Gasteiger partial charge < -0.3 is 16.0 Å². The molecule has 21 heavy (non-hydrogen) atoms. The lowest BCUT2D eigenvalue weighted by molar-refractivity contribution is 0.0938. The summed E-state index contributed by atoms with van der Waals surface area (Å²) in [6.07, 6.45) is 3.90. The van der Waals surface area contributed by atoms with Crippen molar-refractivity contribution < 1.29 is 4.79 Å². The number of amides is 1. The largest absolute Gasteiger partial charge is 0.368 e. The average molecular weight is 285 g/mol. The Hall–Kier alpha value is -1.55. The van der Waals surface area contributed by atoms with Gasteiger partial charge in [0.25, 0.3) is 5.91 Å². The summed E-state index contributed by atoms with van der Waals surface area (Å²) in [5.74, 6) is 1.43. The summed E-state index contributed by atoms with van der Waals surface area (Å²) in [5, 5.41) is 3.11. The Morgan fingerprint density at radius 3 is 3.00 bits per heavy atom. The van der Waals surface area contributed by atoms with Gasteiger partial charge in [0.2, 0.25) is 0 Å². The van der Waals surface area contributed by atoms with Crippen molar-refractivity contribution in [2.24, 2.45) is 11.7 Å². The second-order valence-corrected chi connectivity index (χ2v) is 6.88. The van der Waals surface area contributed by atoms with Crippen LogP contribution in [-0.4, -0.2) is 31.1 Å². The molecule has 2 aliphatic heterocycles. The van der Waals surface area contributed by atoms with Crippen molar-refractivity contribution in [1.29, 1.82) is 0 Å². The van der Waals surface area contributed by atoms with E-state index in [4.69, 9.17) is 5.73 Å². The second kappa shape index (κ2) is 4.73. The minimum absolute atomic E-state index is 0.0238. The van der Waals surface area contributed by atoms with E-state index in [-0.39, 0.29) is 18.0 Å². The molecule has 1 aliphatic carbocycles. The van der Waals surface area contributed by atoms with E-state index in [2.05, 4.69) is 16.3 Å². The zero-order valence-corrected chi connectivity index (χ0v) is 12.5. The second-order valence-electron chi connectivity index (χ2n) is 6.88. The number of carbonyl (C=O) groups is 1. The third kappa shape index (κ3) is 1.96. The van der Waals surface area contributed by atoms with Gasteiger partial charge in [0, 0.05) is 19.1 Å².